The Bertz CT molecular complexity index is 192. The Morgan fingerprint density at radius 2 is 2.00 bits per heavy atom. The highest BCUT2D eigenvalue weighted by molar-refractivity contribution is 4.76. The summed E-state index contributed by atoms with van der Waals surface area (Å²) < 4.78 is 5.84. The van der Waals surface area contributed by atoms with E-state index in [1.165, 1.54) is 51.6 Å². The smallest absolute Gasteiger partial charge is 0.0594 e. The van der Waals surface area contributed by atoms with Crippen LogP contribution in [0, 0.1) is 0 Å². The zero-order chi connectivity index (χ0) is 11.2. The third-order valence-corrected chi connectivity index (χ3v) is 3.82. The average molecular weight is 226 g/mol. The van der Waals surface area contributed by atoms with Crippen molar-refractivity contribution >= 4 is 0 Å². The van der Waals surface area contributed by atoms with E-state index in [1.807, 2.05) is 0 Å². The van der Waals surface area contributed by atoms with Crippen LogP contribution < -0.4 is 5.32 Å². The van der Waals surface area contributed by atoms with Crippen molar-refractivity contribution in [3.8, 4) is 0 Å². The molecule has 0 amide bonds. The van der Waals surface area contributed by atoms with Gasteiger partial charge in [-0.1, -0.05) is 12.8 Å². The highest BCUT2D eigenvalue weighted by Crippen LogP contribution is 2.20. The van der Waals surface area contributed by atoms with Gasteiger partial charge >= 0.3 is 0 Å². The minimum atomic E-state index is 0.566. The SMILES string of the molecule is CN1CCCC(NCCOC2CCCC2)C1. The molecule has 1 aliphatic carbocycles. The molecule has 1 N–H and O–H groups in total. The second-order valence-corrected chi connectivity index (χ2v) is 5.33. The van der Waals surface area contributed by atoms with Gasteiger partial charge in [0.05, 0.1) is 12.7 Å². The van der Waals surface area contributed by atoms with Crippen LogP contribution in [-0.2, 0) is 4.74 Å². The topological polar surface area (TPSA) is 24.5 Å². The molecule has 2 rings (SSSR count). The van der Waals surface area contributed by atoms with E-state index in [2.05, 4.69) is 17.3 Å². The van der Waals surface area contributed by atoms with E-state index in [0.29, 0.717) is 12.1 Å². The Morgan fingerprint density at radius 1 is 1.19 bits per heavy atom. The minimum absolute atomic E-state index is 0.566. The maximum Gasteiger partial charge on any atom is 0.0594 e. The van der Waals surface area contributed by atoms with Crippen molar-refractivity contribution in [2.45, 2.75) is 50.7 Å². The summed E-state index contributed by atoms with van der Waals surface area (Å²) in [7, 11) is 2.21. The summed E-state index contributed by atoms with van der Waals surface area (Å²) in [5, 5.41) is 3.61. The Morgan fingerprint density at radius 3 is 2.75 bits per heavy atom. The number of hydrogen-bond acceptors (Lipinski definition) is 3. The summed E-state index contributed by atoms with van der Waals surface area (Å²) in [5.41, 5.74) is 0. The number of hydrogen-bond donors (Lipinski definition) is 1. The number of likely N-dealkylation sites (N-methyl/N-ethyl adjacent to an activating group) is 1. The first kappa shape index (κ1) is 12.3. The van der Waals surface area contributed by atoms with Gasteiger partial charge in [-0.2, -0.15) is 0 Å². The summed E-state index contributed by atoms with van der Waals surface area (Å²) in [5.74, 6) is 0. The first-order valence-electron chi connectivity index (χ1n) is 6.88. The van der Waals surface area contributed by atoms with Crippen LogP contribution in [0.15, 0.2) is 0 Å². The van der Waals surface area contributed by atoms with Crippen molar-refractivity contribution < 1.29 is 4.74 Å². The molecule has 1 saturated carbocycles. The van der Waals surface area contributed by atoms with Gasteiger partial charge in [-0.25, -0.2) is 0 Å². The predicted molar refractivity (Wildman–Crippen MR) is 66.7 cm³/mol. The molecule has 0 bridgehead atoms. The van der Waals surface area contributed by atoms with Crippen molar-refractivity contribution in [2.75, 3.05) is 33.3 Å². The van der Waals surface area contributed by atoms with Crippen LogP contribution in [-0.4, -0.2) is 50.3 Å². The summed E-state index contributed by atoms with van der Waals surface area (Å²) >= 11 is 0. The van der Waals surface area contributed by atoms with Crippen molar-refractivity contribution in [1.29, 1.82) is 0 Å². The van der Waals surface area contributed by atoms with E-state index in [0.717, 1.165) is 13.2 Å². The standard InChI is InChI=1S/C13H26N2O/c1-15-9-4-5-12(11-15)14-8-10-16-13-6-2-3-7-13/h12-14H,2-11H2,1H3. The lowest BCUT2D eigenvalue weighted by molar-refractivity contribution is 0.0575. The summed E-state index contributed by atoms with van der Waals surface area (Å²) in [6.07, 6.45) is 8.52. The zero-order valence-corrected chi connectivity index (χ0v) is 10.6. The lowest BCUT2D eigenvalue weighted by Crippen LogP contribution is -2.45. The van der Waals surface area contributed by atoms with Crippen LogP contribution in [0.1, 0.15) is 38.5 Å². The van der Waals surface area contributed by atoms with E-state index >= 15 is 0 Å². The molecule has 3 heteroatoms. The molecule has 94 valence electrons. The molecule has 16 heavy (non-hydrogen) atoms. The Balaban J connectivity index is 1.50. The van der Waals surface area contributed by atoms with Crippen LogP contribution in [0.2, 0.25) is 0 Å². The van der Waals surface area contributed by atoms with Crippen molar-refractivity contribution in [3.05, 3.63) is 0 Å². The lowest BCUT2D eigenvalue weighted by atomic mass is 10.1. The molecule has 0 aromatic heterocycles. The molecule has 1 saturated heterocycles. The molecule has 2 aliphatic rings. The third kappa shape index (κ3) is 4.04. The molecule has 1 unspecified atom stereocenters. The van der Waals surface area contributed by atoms with E-state index in [-0.39, 0.29) is 0 Å². The number of rotatable bonds is 5. The van der Waals surface area contributed by atoms with Gasteiger partial charge in [0.15, 0.2) is 0 Å². The quantitative estimate of drug-likeness (QED) is 0.721. The van der Waals surface area contributed by atoms with Crippen molar-refractivity contribution in [3.63, 3.8) is 0 Å². The average Bonchev–Trinajstić information content (AvgIpc) is 2.77. The predicted octanol–water partition coefficient (Wildman–Crippen LogP) is 1.63. The Kier molecular flexibility index (Phi) is 5.07. The molecule has 0 radical (unpaired) electrons. The number of ether oxygens (including phenoxy) is 1. The van der Waals surface area contributed by atoms with Crippen LogP contribution in [0.5, 0.6) is 0 Å². The maximum atomic E-state index is 5.84. The monoisotopic (exact) mass is 226 g/mol. The van der Waals surface area contributed by atoms with Crippen LogP contribution in [0.4, 0.5) is 0 Å². The molecule has 0 spiro atoms. The molecule has 3 nitrogen and oxygen atoms in total. The van der Waals surface area contributed by atoms with Gasteiger partial charge in [0.2, 0.25) is 0 Å². The van der Waals surface area contributed by atoms with E-state index in [1.54, 1.807) is 0 Å². The first-order valence-corrected chi connectivity index (χ1v) is 6.88. The van der Waals surface area contributed by atoms with Gasteiger partial charge in [0.25, 0.3) is 0 Å². The molecule has 1 heterocycles. The third-order valence-electron chi connectivity index (χ3n) is 3.82. The molecule has 0 aromatic rings. The molecule has 1 aliphatic heterocycles. The van der Waals surface area contributed by atoms with Gasteiger partial charge in [-0.15, -0.1) is 0 Å². The molecular weight excluding hydrogens is 200 g/mol. The number of nitrogens with zero attached hydrogens (tertiary/aromatic N) is 1. The highest BCUT2D eigenvalue weighted by Gasteiger charge is 2.17. The van der Waals surface area contributed by atoms with Gasteiger partial charge in [-0.05, 0) is 39.3 Å². The largest absolute Gasteiger partial charge is 0.377 e. The van der Waals surface area contributed by atoms with Crippen molar-refractivity contribution in [2.24, 2.45) is 0 Å². The fourth-order valence-corrected chi connectivity index (χ4v) is 2.88. The second kappa shape index (κ2) is 6.58. The molecular formula is C13H26N2O. The van der Waals surface area contributed by atoms with Gasteiger partial charge in [0, 0.05) is 19.1 Å². The minimum Gasteiger partial charge on any atom is -0.377 e. The number of likely N-dealkylation sites (tertiary alicyclic amines) is 1. The zero-order valence-electron chi connectivity index (χ0n) is 10.6. The van der Waals surface area contributed by atoms with Crippen LogP contribution in [0.3, 0.4) is 0 Å². The van der Waals surface area contributed by atoms with Crippen LogP contribution in [0.25, 0.3) is 0 Å². The fourth-order valence-electron chi connectivity index (χ4n) is 2.88. The van der Waals surface area contributed by atoms with Crippen molar-refractivity contribution in [1.82, 2.24) is 10.2 Å². The molecule has 0 aromatic carbocycles. The molecule has 2 fully saturated rings. The second-order valence-electron chi connectivity index (χ2n) is 5.33. The normalized spacial score (nSPS) is 28.7. The number of nitrogens with one attached hydrogen (secondary N) is 1. The van der Waals surface area contributed by atoms with Gasteiger partial charge in [0.1, 0.15) is 0 Å². The lowest BCUT2D eigenvalue weighted by Gasteiger charge is -2.30. The van der Waals surface area contributed by atoms with Crippen LogP contribution >= 0.6 is 0 Å². The number of piperidine rings is 1. The highest BCUT2D eigenvalue weighted by atomic mass is 16.5. The fraction of sp³-hybridized carbons (Fsp3) is 1.00. The molecule has 1 atom stereocenters. The van der Waals surface area contributed by atoms with Gasteiger partial charge in [-0.3, -0.25) is 0 Å². The summed E-state index contributed by atoms with van der Waals surface area (Å²) in [6, 6.07) is 0.686. The summed E-state index contributed by atoms with van der Waals surface area (Å²) in [6.45, 7) is 4.38. The Labute approximate surface area is 99.5 Å². The maximum absolute atomic E-state index is 5.84. The van der Waals surface area contributed by atoms with E-state index in [4.69, 9.17) is 4.74 Å². The Hall–Kier alpha value is -0.120. The first-order chi connectivity index (χ1) is 7.84. The van der Waals surface area contributed by atoms with E-state index in [9.17, 15) is 0 Å². The summed E-state index contributed by atoms with van der Waals surface area (Å²) in [4.78, 5) is 2.42. The van der Waals surface area contributed by atoms with Gasteiger partial charge < -0.3 is 15.0 Å². The van der Waals surface area contributed by atoms with E-state index < -0.39 is 0 Å².